The van der Waals surface area contributed by atoms with Crippen LogP contribution in [0.25, 0.3) is 0 Å². The summed E-state index contributed by atoms with van der Waals surface area (Å²) in [7, 11) is 4.23. The van der Waals surface area contributed by atoms with Gasteiger partial charge in [-0.3, -0.25) is 4.48 Å². The maximum absolute atomic E-state index is 11.5. The molecule has 0 aliphatic rings. The largest absolute Gasteiger partial charge is 1.00 e. The quantitative estimate of drug-likeness (QED) is 0.192. The normalized spacial score (nSPS) is 12.4. The van der Waals surface area contributed by atoms with Crippen molar-refractivity contribution in [3.63, 3.8) is 0 Å². The summed E-state index contributed by atoms with van der Waals surface area (Å²) in [5.41, 5.74) is 0.464. The molecule has 1 atom stereocenters. The molecule has 0 aliphatic heterocycles. The molecule has 0 aromatic carbocycles. The highest BCUT2D eigenvalue weighted by Gasteiger charge is 2.26. The van der Waals surface area contributed by atoms with Crippen molar-refractivity contribution in [1.29, 1.82) is 0 Å². The molecule has 3 nitrogen and oxygen atoms in total. The summed E-state index contributed by atoms with van der Waals surface area (Å²) < 4.78 is 6.12. The number of hydrogen-bond acceptors (Lipinski definition) is 2. The fourth-order valence-corrected chi connectivity index (χ4v) is 1.88. The van der Waals surface area contributed by atoms with Crippen molar-refractivity contribution < 1.29 is 31.0 Å². The fourth-order valence-electron chi connectivity index (χ4n) is 1.88. The minimum atomic E-state index is -0.290. The van der Waals surface area contributed by atoms with E-state index in [2.05, 4.69) is 27.6 Å². The lowest BCUT2D eigenvalue weighted by Crippen LogP contribution is -3.00. The molecule has 0 aliphatic carbocycles. The van der Waals surface area contributed by atoms with Crippen LogP contribution in [0, 0.1) is 0 Å². The zero-order valence-electron chi connectivity index (χ0n) is 13.9. The van der Waals surface area contributed by atoms with Crippen LogP contribution in [0.4, 0.5) is 0 Å². The number of rotatable bonds is 10. The summed E-state index contributed by atoms with van der Waals surface area (Å²) >= 11 is 0. The third-order valence-electron chi connectivity index (χ3n) is 3.70. The highest BCUT2D eigenvalue weighted by Crippen LogP contribution is 2.13. The van der Waals surface area contributed by atoms with Gasteiger partial charge in [0.25, 0.3) is 0 Å². The molecule has 0 amide bonds. The number of quaternary nitrogens is 1. The Bertz CT molecular complexity index is 290. The van der Waals surface area contributed by atoms with E-state index >= 15 is 0 Å². The van der Waals surface area contributed by atoms with E-state index < -0.39 is 0 Å². The molecule has 20 heavy (non-hydrogen) atoms. The van der Waals surface area contributed by atoms with E-state index in [1.165, 1.54) is 38.5 Å². The number of carbonyl (C=O) groups excluding carboxylic acids is 1. The van der Waals surface area contributed by atoms with Crippen molar-refractivity contribution in [2.75, 3.05) is 20.6 Å². The first kappa shape index (κ1) is 21.9. The second kappa shape index (κ2) is 11.3. The number of nitrogens with zero attached hydrogens (tertiary/aromatic N) is 1. The fraction of sp³-hybridized carbons (Fsp3) is 0.812. The number of ether oxygens (including phenoxy) is 1. The summed E-state index contributed by atoms with van der Waals surface area (Å²) in [5.74, 6) is -0.290. The third kappa shape index (κ3) is 9.54. The van der Waals surface area contributed by atoms with Crippen LogP contribution in [0.1, 0.15) is 59.3 Å². The van der Waals surface area contributed by atoms with Crippen molar-refractivity contribution in [2.45, 2.75) is 65.5 Å². The molecule has 4 heteroatoms. The van der Waals surface area contributed by atoms with Gasteiger partial charge >= 0.3 is 5.97 Å². The van der Waals surface area contributed by atoms with E-state index in [1.54, 1.807) is 6.92 Å². The first-order valence-electron chi connectivity index (χ1n) is 7.50. The van der Waals surface area contributed by atoms with Crippen molar-refractivity contribution in [1.82, 2.24) is 0 Å². The molecule has 0 N–H and O–H groups in total. The summed E-state index contributed by atoms with van der Waals surface area (Å²) in [6.45, 7) is 10.5. The molecule has 0 saturated carbocycles. The Hall–Kier alpha value is -0.350. The van der Waals surface area contributed by atoms with Crippen LogP contribution in [0.15, 0.2) is 12.2 Å². The van der Waals surface area contributed by atoms with E-state index in [-0.39, 0.29) is 29.2 Å². The molecule has 0 fully saturated rings. The first-order chi connectivity index (χ1) is 8.81. The van der Waals surface area contributed by atoms with Crippen molar-refractivity contribution in [3.8, 4) is 0 Å². The van der Waals surface area contributed by atoms with Gasteiger partial charge in [0.05, 0.1) is 20.6 Å². The van der Waals surface area contributed by atoms with Gasteiger partial charge in [0.2, 0.25) is 6.23 Å². The van der Waals surface area contributed by atoms with Gasteiger partial charge in [-0.05, 0) is 19.8 Å². The standard InChI is InChI=1S/C16H32NO2.BrH/c1-7-8-9-10-11-12-13-17(5,6)15(4)19-16(18)14(2)3;/h15H,2,7-13H2,1,3-6H3;1H/q+1;/p-1. The highest BCUT2D eigenvalue weighted by atomic mass is 79.9. The predicted molar refractivity (Wildman–Crippen MR) is 80.7 cm³/mol. The minimum Gasteiger partial charge on any atom is -1.00 e. The molecule has 1 unspecified atom stereocenters. The average Bonchev–Trinajstić information content (AvgIpc) is 2.33. The summed E-state index contributed by atoms with van der Waals surface area (Å²) in [6, 6.07) is 0. The van der Waals surface area contributed by atoms with Gasteiger partial charge < -0.3 is 21.7 Å². The van der Waals surface area contributed by atoms with Crippen LogP contribution in [0.3, 0.4) is 0 Å². The van der Waals surface area contributed by atoms with Gasteiger partial charge in [-0.15, -0.1) is 0 Å². The Morgan fingerprint density at radius 3 is 2.15 bits per heavy atom. The Morgan fingerprint density at radius 1 is 1.15 bits per heavy atom. The van der Waals surface area contributed by atoms with Crippen LogP contribution < -0.4 is 17.0 Å². The van der Waals surface area contributed by atoms with Crippen molar-refractivity contribution >= 4 is 5.97 Å². The van der Waals surface area contributed by atoms with Gasteiger partial charge in [-0.1, -0.05) is 39.2 Å². The van der Waals surface area contributed by atoms with Gasteiger partial charge in [0, 0.05) is 12.5 Å². The van der Waals surface area contributed by atoms with Gasteiger partial charge in [0.15, 0.2) is 0 Å². The molecule has 0 heterocycles. The Balaban J connectivity index is 0. The molecule has 120 valence electrons. The number of carbonyl (C=O) groups is 1. The van der Waals surface area contributed by atoms with Crippen molar-refractivity contribution in [3.05, 3.63) is 12.2 Å². The number of unbranched alkanes of at least 4 members (excludes halogenated alkanes) is 5. The number of halogens is 1. The van der Waals surface area contributed by atoms with Gasteiger partial charge in [-0.2, -0.15) is 0 Å². The third-order valence-corrected chi connectivity index (χ3v) is 3.70. The van der Waals surface area contributed by atoms with E-state index in [4.69, 9.17) is 4.74 Å². The Labute approximate surface area is 135 Å². The monoisotopic (exact) mass is 349 g/mol. The topological polar surface area (TPSA) is 26.3 Å². The molecule has 0 radical (unpaired) electrons. The molecular formula is C16H32BrNO2. The summed E-state index contributed by atoms with van der Waals surface area (Å²) in [4.78, 5) is 11.5. The van der Waals surface area contributed by atoms with Crippen LogP contribution in [0.2, 0.25) is 0 Å². The predicted octanol–water partition coefficient (Wildman–Crippen LogP) is 0.893. The van der Waals surface area contributed by atoms with Crippen molar-refractivity contribution in [2.24, 2.45) is 0 Å². The van der Waals surface area contributed by atoms with E-state index in [9.17, 15) is 4.79 Å². The molecule has 0 rings (SSSR count). The number of esters is 1. The molecular weight excluding hydrogens is 318 g/mol. The SMILES string of the molecule is C=C(C)C(=O)OC(C)[N+](C)(C)CCCCCCCC.[Br-]. The lowest BCUT2D eigenvalue weighted by atomic mass is 10.1. The first-order valence-corrected chi connectivity index (χ1v) is 7.50. The second-order valence-corrected chi connectivity index (χ2v) is 6.05. The smallest absolute Gasteiger partial charge is 0.337 e. The summed E-state index contributed by atoms with van der Waals surface area (Å²) in [6.07, 6.45) is 7.60. The average molecular weight is 350 g/mol. The second-order valence-electron chi connectivity index (χ2n) is 6.05. The molecule has 0 spiro atoms. The molecule has 0 aromatic rings. The van der Waals surface area contributed by atoms with Crippen LogP contribution >= 0.6 is 0 Å². The van der Waals surface area contributed by atoms with E-state index in [0.29, 0.717) is 10.1 Å². The number of hydrogen-bond donors (Lipinski definition) is 0. The minimum absolute atomic E-state index is 0. The zero-order chi connectivity index (χ0) is 14.9. The van der Waals surface area contributed by atoms with E-state index in [1.807, 2.05) is 6.92 Å². The van der Waals surface area contributed by atoms with Gasteiger partial charge in [-0.25, -0.2) is 4.79 Å². The van der Waals surface area contributed by atoms with Gasteiger partial charge in [0.1, 0.15) is 0 Å². The molecule has 0 aromatic heterocycles. The van der Waals surface area contributed by atoms with Crippen LogP contribution in [-0.2, 0) is 9.53 Å². The maximum Gasteiger partial charge on any atom is 0.337 e. The zero-order valence-corrected chi connectivity index (χ0v) is 15.5. The highest BCUT2D eigenvalue weighted by molar-refractivity contribution is 5.86. The Morgan fingerprint density at radius 2 is 1.65 bits per heavy atom. The lowest BCUT2D eigenvalue weighted by Gasteiger charge is -2.35. The maximum atomic E-state index is 11.5. The Kier molecular flexibility index (Phi) is 12.4. The lowest BCUT2D eigenvalue weighted by molar-refractivity contribution is -0.932. The van der Waals surface area contributed by atoms with E-state index in [0.717, 1.165) is 6.54 Å². The molecule has 0 bridgehead atoms. The molecule has 0 saturated heterocycles. The van der Waals surface area contributed by atoms with Crippen LogP contribution in [-0.4, -0.2) is 37.3 Å². The summed E-state index contributed by atoms with van der Waals surface area (Å²) in [5, 5.41) is 0. The van der Waals surface area contributed by atoms with Crippen LogP contribution in [0.5, 0.6) is 0 Å².